The summed E-state index contributed by atoms with van der Waals surface area (Å²) >= 11 is 6.04. The Balaban J connectivity index is 2.00. The van der Waals surface area contributed by atoms with Gasteiger partial charge in [0.2, 0.25) is 0 Å². The van der Waals surface area contributed by atoms with Gasteiger partial charge >= 0.3 is 6.03 Å². The van der Waals surface area contributed by atoms with Crippen LogP contribution in [0.3, 0.4) is 0 Å². The maximum Gasteiger partial charge on any atom is 0.335 e. The van der Waals surface area contributed by atoms with Crippen LogP contribution in [0.25, 0.3) is 6.08 Å². The number of amides is 4. The molecule has 10 heteroatoms. The molecule has 1 aliphatic heterocycles. The number of nitrogens with one attached hydrogen (secondary N) is 1. The van der Waals surface area contributed by atoms with Crippen molar-refractivity contribution in [2.45, 2.75) is 6.92 Å². The molecule has 0 unspecified atom stereocenters. The van der Waals surface area contributed by atoms with E-state index in [9.17, 15) is 24.5 Å². The molecule has 29 heavy (non-hydrogen) atoms. The third-order valence-electron chi connectivity index (χ3n) is 4.00. The first-order chi connectivity index (χ1) is 13.8. The van der Waals surface area contributed by atoms with Crippen LogP contribution in [-0.4, -0.2) is 29.4 Å². The fourth-order valence-electron chi connectivity index (χ4n) is 2.66. The Labute approximate surface area is 169 Å². The van der Waals surface area contributed by atoms with Crippen molar-refractivity contribution in [3.8, 4) is 5.75 Å². The smallest absolute Gasteiger partial charge is 0.335 e. The van der Waals surface area contributed by atoms with Gasteiger partial charge in [-0.1, -0.05) is 11.6 Å². The Morgan fingerprint density at radius 2 is 1.86 bits per heavy atom. The summed E-state index contributed by atoms with van der Waals surface area (Å²) in [6.07, 6.45) is 1.11. The second-order valence-electron chi connectivity index (χ2n) is 5.85. The van der Waals surface area contributed by atoms with Crippen molar-refractivity contribution in [3.05, 3.63) is 68.7 Å². The number of nitro benzene ring substituents is 1. The Hall–Kier alpha value is -3.72. The number of hydrogen-bond donors (Lipinski definition) is 1. The molecule has 148 valence electrons. The lowest BCUT2D eigenvalue weighted by Gasteiger charge is -2.26. The molecule has 0 atom stereocenters. The van der Waals surface area contributed by atoms with Crippen molar-refractivity contribution in [1.29, 1.82) is 0 Å². The van der Waals surface area contributed by atoms with Crippen molar-refractivity contribution < 1.29 is 24.0 Å². The van der Waals surface area contributed by atoms with Gasteiger partial charge in [-0.2, -0.15) is 0 Å². The maximum atomic E-state index is 12.9. The van der Waals surface area contributed by atoms with Crippen LogP contribution in [0.2, 0.25) is 5.02 Å². The molecule has 0 radical (unpaired) electrons. The van der Waals surface area contributed by atoms with Crippen molar-refractivity contribution >= 4 is 46.9 Å². The molecule has 3 rings (SSSR count). The van der Waals surface area contributed by atoms with Crippen molar-refractivity contribution in [1.82, 2.24) is 5.32 Å². The second-order valence-corrected chi connectivity index (χ2v) is 6.25. The van der Waals surface area contributed by atoms with Gasteiger partial charge in [-0.3, -0.25) is 25.0 Å². The molecule has 4 amide bonds. The number of non-ortho nitro benzene ring substituents is 1. The average molecular weight is 416 g/mol. The van der Waals surface area contributed by atoms with E-state index in [2.05, 4.69) is 5.32 Å². The molecule has 0 spiro atoms. The lowest BCUT2D eigenvalue weighted by molar-refractivity contribution is -0.384. The zero-order valence-corrected chi connectivity index (χ0v) is 15.8. The Kier molecular flexibility index (Phi) is 5.60. The lowest BCUT2D eigenvalue weighted by Crippen LogP contribution is -2.54. The van der Waals surface area contributed by atoms with Gasteiger partial charge in [-0.25, -0.2) is 9.69 Å². The number of ether oxygens (including phenoxy) is 1. The van der Waals surface area contributed by atoms with Gasteiger partial charge in [0, 0.05) is 22.7 Å². The van der Waals surface area contributed by atoms with Gasteiger partial charge in [0.05, 0.1) is 17.2 Å². The van der Waals surface area contributed by atoms with Gasteiger partial charge in [0.1, 0.15) is 11.3 Å². The number of carbonyl (C=O) groups is 3. The fraction of sp³-hybridized carbons (Fsp3) is 0.105. The average Bonchev–Trinajstić information content (AvgIpc) is 2.67. The molecule has 1 heterocycles. The molecule has 1 N–H and O–H groups in total. The molecule has 0 aromatic heterocycles. The molecule has 2 aromatic carbocycles. The maximum absolute atomic E-state index is 12.9. The molecule has 1 saturated heterocycles. The summed E-state index contributed by atoms with van der Waals surface area (Å²) in [6.45, 7) is 2.27. The van der Waals surface area contributed by atoms with Crippen molar-refractivity contribution in [2.75, 3.05) is 11.5 Å². The molecule has 1 aliphatic rings. The number of halogens is 1. The normalized spacial score (nSPS) is 15.4. The molecule has 2 aromatic rings. The minimum absolute atomic E-state index is 0.0976. The number of benzene rings is 2. The number of nitro groups is 1. The summed E-state index contributed by atoms with van der Waals surface area (Å²) in [7, 11) is 0. The number of anilines is 1. The fourth-order valence-corrected chi connectivity index (χ4v) is 2.83. The van der Waals surface area contributed by atoms with Crippen LogP contribution in [0.1, 0.15) is 12.5 Å². The number of carbonyl (C=O) groups excluding carboxylic acids is 3. The first-order valence-electron chi connectivity index (χ1n) is 8.40. The molecule has 0 aliphatic carbocycles. The number of urea groups is 1. The van der Waals surface area contributed by atoms with Crippen LogP contribution >= 0.6 is 11.6 Å². The topological polar surface area (TPSA) is 119 Å². The van der Waals surface area contributed by atoms with E-state index in [0.717, 1.165) is 17.0 Å². The predicted molar refractivity (Wildman–Crippen MR) is 105 cm³/mol. The Morgan fingerprint density at radius 3 is 2.48 bits per heavy atom. The molecule has 1 fully saturated rings. The van der Waals surface area contributed by atoms with Crippen LogP contribution in [-0.2, 0) is 9.59 Å². The zero-order valence-electron chi connectivity index (χ0n) is 15.0. The van der Waals surface area contributed by atoms with Crippen LogP contribution in [0.5, 0.6) is 5.75 Å². The lowest BCUT2D eigenvalue weighted by atomic mass is 10.1. The van der Waals surface area contributed by atoms with Crippen molar-refractivity contribution in [3.63, 3.8) is 0 Å². The largest absolute Gasteiger partial charge is 0.494 e. The van der Waals surface area contributed by atoms with E-state index < -0.39 is 22.8 Å². The minimum Gasteiger partial charge on any atom is -0.494 e. The van der Waals surface area contributed by atoms with E-state index in [4.69, 9.17) is 16.3 Å². The highest BCUT2D eigenvalue weighted by atomic mass is 35.5. The summed E-state index contributed by atoms with van der Waals surface area (Å²) in [6, 6.07) is 8.86. The van der Waals surface area contributed by atoms with Crippen molar-refractivity contribution in [2.24, 2.45) is 0 Å². The first kappa shape index (κ1) is 20.0. The molecule has 9 nitrogen and oxygen atoms in total. The summed E-state index contributed by atoms with van der Waals surface area (Å²) in [5, 5.41) is 13.2. The monoisotopic (exact) mass is 415 g/mol. The molecule has 0 bridgehead atoms. The van der Waals surface area contributed by atoms with E-state index in [-0.39, 0.29) is 27.5 Å². The Morgan fingerprint density at radius 1 is 1.17 bits per heavy atom. The van der Waals surface area contributed by atoms with Crippen LogP contribution in [0.15, 0.2) is 48.0 Å². The highest BCUT2D eigenvalue weighted by molar-refractivity contribution is 6.39. The molecular weight excluding hydrogens is 402 g/mol. The third kappa shape index (κ3) is 4.09. The number of hydrogen-bond acceptors (Lipinski definition) is 6. The molecular formula is C19H14ClN3O6. The number of rotatable bonds is 5. The zero-order chi connectivity index (χ0) is 21.1. The summed E-state index contributed by atoms with van der Waals surface area (Å²) in [4.78, 5) is 48.4. The second kappa shape index (κ2) is 8.11. The minimum atomic E-state index is -0.926. The van der Waals surface area contributed by atoms with E-state index in [0.29, 0.717) is 12.4 Å². The number of nitrogens with zero attached hydrogens (tertiary/aromatic N) is 2. The first-order valence-corrected chi connectivity index (χ1v) is 8.78. The number of imide groups is 2. The summed E-state index contributed by atoms with van der Waals surface area (Å²) in [5.41, 5.74) is -0.329. The standard InChI is InChI=1S/C19H14ClN3O6/c1-2-29-14-6-3-12(4-7-14)22-18(25)15(17(24)21-19(22)26)10-11-9-13(23(27)28)5-8-16(11)20/h3-10H,2H2,1H3,(H,21,24,26)/b15-10+. The molecule has 0 saturated carbocycles. The van der Waals surface area contributed by atoms with E-state index in [1.807, 2.05) is 6.92 Å². The summed E-state index contributed by atoms with van der Waals surface area (Å²) < 4.78 is 5.32. The van der Waals surface area contributed by atoms with Gasteiger partial charge < -0.3 is 4.74 Å². The van der Waals surface area contributed by atoms with Crippen LogP contribution < -0.4 is 15.0 Å². The summed E-state index contributed by atoms with van der Waals surface area (Å²) in [5.74, 6) is -1.26. The van der Waals surface area contributed by atoms with Crippen LogP contribution in [0, 0.1) is 10.1 Å². The van der Waals surface area contributed by atoms with Gasteiger partial charge in [0.25, 0.3) is 17.5 Å². The third-order valence-corrected chi connectivity index (χ3v) is 4.34. The van der Waals surface area contributed by atoms with Gasteiger partial charge in [0.15, 0.2) is 0 Å². The van der Waals surface area contributed by atoms with E-state index >= 15 is 0 Å². The van der Waals surface area contributed by atoms with Gasteiger partial charge in [-0.05, 0) is 43.3 Å². The van der Waals surface area contributed by atoms with Gasteiger partial charge in [-0.15, -0.1) is 0 Å². The number of barbiturate groups is 1. The predicted octanol–water partition coefficient (Wildman–Crippen LogP) is 3.31. The van der Waals surface area contributed by atoms with Crippen LogP contribution in [0.4, 0.5) is 16.2 Å². The highest BCUT2D eigenvalue weighted by Crippen LogP contribution is 2.27. The highest BCUT2D eigenvalue weighted by Gasteiger charge is 2.37. The quantitative estimate of drug-likeness (QED) is 0.346. The van der Waals surface area contributed by atoms with E-state index in [1.165, 1.54) is 24.3 Å². The Bertz CT molecular complexity index is 1050. The SMILES string of the molecule is CCOc1ccc(N2C(=O)NC(=O)/C(=C\c3cc([N+](=O)[O-])ccc3Cl)C2=O)cc1. The van der Waals surface area contributed by atoms with E-state index in [1.54, 1.807) is 12.1 Å².